The number of halogens is 1. The van der Waals surface area contributed by atoms with Crippen molar-refractivity contribution in [2.45, 2.75) is 6.42 Å². The van der Waals surface area contributed by atoms with E-state index in [1.54, 1.807) is 24.3 Å². The average Bonchev–Trinajstić information content (AvgIpc) is 2.64. The topological polar surface area (TPSA) is 76.7 Å². The standard InChI is InChI=1S/C20H15BrO5/c1-25-20(24)18-11-14(13-7-3-4-8-16(13)21)15(19(23)26-18)10-12-6-2-5-9-17(12)22/h2-9,11,22H,10H2,1H3. The van der Waals surface area contributed by atoms with Crippen molar-refractivity contribution in [3.8, 4) is 16.9 Å². The van der Waals surface area contributed by atoms with Gasteiger partial charge in [0.15, 0.2) is 0 Å². The molecule has 0 aliphatic rings. The minimum Gasteiger partial charge on any atom is -0.508 e. The Morgan fingerprint density at radius 3 is 2.50 bits per heavy atom. The first-order chi connectivity index (χ1) is 12.5. The zero-order valence-electron chi connectivity index (χ0n) is 13.9. The van der Waals surface area contributed by atoms with Crippen LogP contribution in [0.1, 0.15) is 21.7 Å². The van der Waals surface area contributed by atoms with Crippen molar-refractivity contribution in [1.82, 2.24) is 0 Å². The van der Waals surface area contributed by atoms with E-state index in [2.05, 4.69) is 20.7 Å². The Bertz CT molecular complexity index is 1020. The summed E-state index contributed by atoms with van der Waals surface area (Å²) in [7, 11) is 1.22. The molecule has 3 aromatic rings. The Morgan fingerprint density at radius 2 is 1.81 bits per heavy atom. The van der Waals surface area contributed by atoms with Gasteiger partial charge in [-0.1, -0.05) is 52.3 Å². The summed E-state index contributed by atoms with van der Waals surface area (Å²) in [6.45, 7) is 0. The highest BCUT2D eigenvalue weighted by atomic mass is 79.9. The fourth-order valence-electron chi connectivity index (χ4n) is 2.66. The molecule has 0 bridgehead atoms. The van der Waals surface area contributed by atoms with Gasteiger partial charge in [-0.3, -0.25) is 0 Å². The number of rotatable bonds is 4. The normalized spacial score (nSPS) is 10.5. The molecule has 0 radical (unpaired) electrons. The van der Waals surface area contributed by atoms with E-state index >= 15 is 0 Å². The summed E-state index contributed by atoms with van der Waals surface area (Å²) >= 11 is 3.47. The van der Waals surface area contributed by atoms with E-state index in [4.69, 9.17) is 4.42 Å². The van der Waals surface area contributed by atoms with Crippen LogP contribution in [0.3, 0.4) is 0 Å². The summed E-state index contributed by atoms with van der Waals surface area (Å²) in [6.07, 6.45) is 0.160. The molecule has 26 heavy (non-hydrogen) atoms. The number of para-hydroxylation sites is 1. The predicted octanol–water partition coefficient (Wildman–Crippen LogP) is 4.15. The van der Waals surface area contributed by atoms with Gasteiger partial charge in [0.25, 0.3) is 0 Å². The molecule has 0 unspecified atom stereocenters. The number of hydrogen-bond acceptors (Lipinski definition) is 5. The molecule has 0 atom stereocenters. The summed E-state index contributed by atoms with van der Waals surface area (Å²) in [5.74, 6) is -0.823. The lowest BCUT2D eigenvalue weighted by Gasteiger charge is -2.12. The molecule has 3 rings (SSSR count). The minimum atomic E-state index is -0.732. The number of phenolic OH excluding ortho intramolecular Hbond substituents is 1. The Balaban J connectivity index is 2.23. The van der Waals surface area contributed by atoms with Gasteiger partial charge in [-0.15, -0.1) is 0 Å². The molecule has 1 heterocycles. The molecule has 0 aliphatic heterocycles. The van der Waals surface area contributed by atoms with Crippen LogP contribution in [-0.4, -0.2) is 18.2 Å². The van der Waals surface area contributed by atoms with Crippen LogP contribution in [-0.2, 0) is 11.2 Å². The average molecular weight is 415 g/mol. The molecule has 0 fully saturated rings. The molecule has 0 saturated heterocycles. The van der Waals surface area contributed by atoms with Crippen LogP contribution in [0.15, 0.2) is 68.3 Å². The van der Waals surface area contributed by atoms with Gasteiger partial charge in [0.2, 0.25) is 5.76 Å². The van der Waals surface area contributed by atoms with Crippen molar-refractivity contribution in [2.24, 2.45) is 0 Å². The van der Waals surface area contributed by atoms with Crippen LogP contribution in [0, 0.1) is 0 Å². The summed E-state index contributed by atoms with van der Waals surface area (Å²) in [5.41, 5.74) is 1.54. The second-order valence-electron chi connectivity index (χ2n) is 5.57. The van der Waals surface area contributed by atoms with Gasteiger partial charge in [-0.2, -0.15) is 0 Å². The third kappa shape index (κ3) is 3.55. The Morgan fingerprint density at radius 1 is 1.12 bits per heavy atom. The fraction of sp³-hybridized carbons (Fsp3) is 0.100. The minimum absolute atomic E-state index is 0.0852. The molecule has 5 nitrogen and oxygen atoms in total. The zero-order valence-corrected chi connectivity index (χ0v) is 15.4. The molecule has 0 saturated carbocycles. The van der Waals surface area contributed by atoms with Crippen LogP contribution in [0.4, 0.5) is 0 Å². The number of carbonyl (C=O) groups excluding carboxylic acids is 1. The van der Waals surface area contributed by atoms with E-state index in [1.165, 1.54) is 13.2 Å². The van der Waals surface area contributed by atoms with Gasteiger partial charge in [0.1, 0.15) is 5.75 Å². The Kier molecular flexibility index (Phi) is 5.23. The molecule has 1 N–H and O–H groups in total. The first-order valence-corrected chi connectivity index (χ1v) is 8.57. The molecule has 0 aliphatic carbocycles. The SMILES string of the molecule is COC(=O)c1cc(-c2ccccc2Br)c(Cc2ccccc2O)c(=O)o1. The highest BCUT2D eigenvalue weighted by molar-refractivity contribution is 9.10. The van der Waals surface area contributed by atoms with Crippen molar-refractivity contribution < 1.29 is 19.1 Å². The largest absolute Gasteiger partial charge is 0.508 e. The number of ether oxygens (including phenoxy) is 1. The van der Waals surface area contributed by atoms with Crippen LogP contribution in [0.2, 0.25) is 0 Å². The van der Waals surface area contributed by atoms with Crippen LogP contribution in [0.25, 0.3) is 11.1 Å². The second kappa shape index (κ2) is 7.58. The number of benzene rings is 2. The summed E-state index contributed by atoms with van der Waals surface area (Å²) < 4.78 is 10.6. The van der Waals surface area contributed by atoms with E-state index in [1.807, 2.05) is 24.3 Å². The molecule has 0 spiro atoms. The third-order valence-electron chi connectivity index (χ3n) is 3.96. The predicted molar refractivity (Wildman–Crippen MR) is 100 cm³/mol. The van der Waals surface area contributed by atoms with Crippen LogP contribution in [0.5, 0.6) is 5.75 Å². The van der Waals surface area contributed by atoms with E-state index in [0.717, 1.165) is 10.0 Å². The number of methoxy groups -OCH3 is 1. The Hall–Kier alpha value is -2.86. The van der Waals surface area contributed by atoms with Crippen LogP contribution < -0.4 is 5.63 Å². The number of esters is 1. The number of aromatic hydroxyl groups is 1. The lowest BCUT2D eigenvalue weighted by Crippen LogP contribution is -2.15. The molecule has 2 aromatic carbocycles. The smallest absolute Gasteiger partial charge is 0.374 e. The number of carbonyl (C=O) groups is 1. The summed E-state index contributed by atoms with van der Waals surface area (Å²) in [6, 6.07) is 15.6. The molecular weight excluding hydrogens is 400 g/mol. The molecule has 132 valence electrons. The summed E-state index contributed by atoms with van der Waals surface area (Å²) in [5, 5.41) is 10.0. The molecule has 6 heteroatoms. The van der Waals surface area contributed by atoms with Gasteiger partial charge >= 0.3 is 11.6 Å². The van der Waals surface area contributed by atoms with Crippen molar-refractivity contribution in [3.05, 3.63) is 86.4 Å². The van der Waals surface area contributed by atoms with Crippen molar-refractivity contribution >= 4 is 21.9 Å². The first kappa shape index (κ1) is 17.9. The maximum absolute atomic E-state index is 12.6. The van der Waals surface area contributed by atoms with Crippen molar-refractivity contribution in [3.63, 3.8) is 0 Å². The maximum atomic E-state index is 12.6. The highest BCUT2D eigenvalue weighted by Crippen LogP contribution is 2.32. The van der Waals surface area contributed by atoms with Crippen LogP contribution >= 0.6 is 15.9 Å². The van der Waals surface area contributed by atoms with Gasteiger partial charge < -0.3 is 14.3 Å². The zero-order chi connectivity index (χ0) is 18.7. The fourth-order valence-corrected chi connectivity index (χ4v) is 3.16. The third-order valence-corrected chi connectivity index (χ3v) is 4.65. The van der Waals surface area contributed by atoms with E-state index in [0.29, 0.717) is 16.7 Å². The lowest BCUT2D eigenvalue weighted by atomic mass is 9.96. The van der Waals surface area contributed by atoms with E-state index in [-0.39, 0.29) is 17.9 Å². The summed E-state index contributed by atoms with van der Waals surface area (Å²) in [4.78, 5) is 24.5. The lowest BCUT2D eigenvalue weighted by molar-refractivity contribution is 0.0559. The maximum Gasteiger partial charge on any atom is 0.374 e. The monoisotopic (exact) mass is 414 g/mol. The van der Waals surface area contributed by atoms with Gasteiger partial charge in [0.05, 0.1) is 12.7 Å². The first-order valence-electron chi connectivity index (χ1n) is 7.78. The number of phenols is 1. The van der Waals surface area contributed by atoms with E-state index in [9.17, 15) is 14.7 Å². The quantitative estimate of drug-likeness (QED) is 0.648. The van der Waals surface area contributed by atoms with Crippen molar-refractivity contribution in [2.75, 3.05) is 7.11 Å². The second-order valence-corrected chi connectivity index (χ2v) is 6.42. The van der Waals surface area contributed by atoms with Gasteiger partial charge in [0, 0.05) is 10.9 Å². The number of hydrogen-bond donors (Lipinski definition) is 1. The molecule has 0 amide bonds. The Labute approximate surface area is 158 Å². The van der Waals surface area contributed by atoms with E-state index < -0.39 is 11.6 Å². The highest BCUT2D eigenvalue weighted by Gasteiger charge is 2.20. The van der Waals surface area contributed by atoms with Crippen molar-refractivity contribution in [1.29, 1.82) is 0 Å². The molecule has 1 aromatic heterocycles. The molecular formula is C20H15BrO5. The van der Waals surface area contributed by atoms with Gasteiger partial charge in [-0.25, -0.2) is 9.59 Å². The van der Waals surface area contributed by atoms with Gasteiger partial charge in [-0.05, 0) is 34.9 Å².